The van der Waals surface area contributed by atoms with Gasteiger partial charge in [-0.05, 0) is 85.2 Å². The number of allylic oxidation sites excluding steroid dienone is 4. The van der Waals surface area contributed by atoms with E-state index in [4.69, 9.17) is 4.52 Å². The van der Waals surface area contributed by atoms with Crippen LogP contribution >= 0.6 is 17.4 Å². The zero-order valence-corrected chi connectivity index (χ0v) is 19.5. The SMILES string of the molecule is C=C1/C(=C/C=C2\CCC[C@]3(C)C([C@H](C)CO)CC[C@@H]23)C[C@@H](OPP)C[C@@H]1C. The number of fused-ring (bicyclic) bond motifs is 1. The van der Waals surface area contributed by atoms with Crippen LogP contribution in [0.2, 0.25) is 0 Å². The van der Waals surface area contributed by atoms with Crippen LogP contribution in [0.4, 0.5) is 0 Å². The Hall–Kier alpha value is -0.000000000000000111. The summed E-state index contributed by atoms with van der Waals surface area (Å²) >= 11 is 0. The van der Waals surface area contributed by atoms with E-state index in [2.05, 4.69) is 48.4 Å². The van der Waals surface area contributed by atoms with Crippen molar-refractivity contribution in [3.05, 3.63) is 35.5 Å². The highest BCUT2D eigenvalue weighted by atomic mass is 32.0. The maximum Gasteiger partial charge on any atom is 0.0664 e. The number of aliphatic hydroxyl groups excluding tert-OH is 1. The van der Waals surface area contributed by atoms with Crippen LogP contribution in [0.15, 0.2) is 35.5 Å². The second-order valence-corrected chi connectivity index (χ2v) is 10.6. The molecular formula is C23H38O2P2. The van der Waals surface area contributed by atoms with E-state index in [1.54, 1.807) is 5.57 Å². The Morgan fingerprint density at radius 3 is 2.89 bits per heavy atom. The number of rotatable bonds is 5. The quantitative estimate of drug-likeness (QED) is 0.531. The first-order chi connectivity index (χ1) is 12.9. The summed E-state index contributed by atoms with van der Waals surface area (Å²) in [4.78, 5) is 0. The van der Waals surface area contributed by atoms with Crippen LogP contribution in [-0.2, 0) is 4.52 Å². The second-order valence-electron chi connectivity index (χ2n) is 9.41. The highest BCUT2D eigenvalue weighted by Crippen LogP contribution is 2.59. The van der Waals surface area contributed by atoms with Gasteiger partial charge in [0.2, 0.25) is 0 Å². The van der Waals surface area contributed by atoms with Crippen molar-refractivity contribution in [2.45, 2.75) is 71.8 Å². The Bertz CT molecular complexity index is 611. The Morgan fingerprint density at radius 2 is 2.19 bits per heavy atom. The first-order valence-corrected chi connectivity index (χ1v) is 13.4. The van der Waals surface area contributed by atoms with E-state index >= 15 is 0 Å². The van der Waals surface area contributed by atoms with Gasteiger partial charge in [0, 0.05) is 15.1 Å². The Morgan fingerprint density at radius 1 is 1.41 bits per heavy atom. The van der Waals surface area contributed by atoms with Crippen LogP contribution in [0.25, 0.3) is 0 Å². The molecule has 3 rings (SSSR count). The molecule has 152 valence electrons. The van der Waals surface area contributed by atoms with Crippen LogP contribution in [-0.4, -0.2) is 17.8 Å². The predicted octanol–water partition coefficient (Wildman–Crippen LogP) is 6.44. The molecule has 0 aliphatic heterocycles. The third-order valence-electron chi connectivity index (χ3n) is 7.82. The molecule has 0 aromatic heterocycles. The Balaban J connectivity index is 1.80. The molecule has 3 unspecified atom stereocenters. The summed E-state index contributed by atoms with van der Waals surface area (Å²) in [6.45, 7) is 11.7. The Labute approximate surface area is 170 Å². The summed E-state index contributed by atoms with van der Waals surface area (Å²) < 4.78 is 5.93. The van der Waals surface area contributed by atoms with Gasteiger partial charge < -0.3 is 9.63 Å². The molecule has 0 bridgehead atoms. The van der Waals surface area contributed by atoms with E-state index in [1.165, 1.54) is 43.3 Å². The zero-order chi connectivity index (χ0) is 19.6. The van der Waals surface area contributed by atoms with Gasteiger partial charge in [0.05, 0.1) is 6.10 Å². The average molecular weight is 409 g/mol. The molecule has 3 aliphatic rings. The largest absolute Gasteiger partial charge is 0.396 e. The van der Waals surface area contributed by atoms with Crippen molar-refractivity contribution in [2.24, 2.45) is 29.1 Å². The molecule has 0 radical (unpaired) electrons. The van der Waals surface area contributed by atoms with Crippen molar-refractivity contribution in [1.82, 2.24) is 0 Å². The lowest BCUT2D eigenvalue weighted by Crippen LogP contribution is -2.36. The average Bonchev–Trinajstić information content (AvgIpc) is 3.00. The maximum atomic E-state index is 9.72. The molecule has 4 heteroatoms. The summed E-state index contributed by atoms with van der Waals surface area (Å²) in [5.41, 5.74) is 4.70. The summed E-state index contributed by atoms with van der Waals surface area (Å²) in [6, 6.07) is 0. The lowest BCUT2D eigenvalue weighted by molar-refractivity contribution is 0.0690. The highest BCUT2D eigenvalue weighted by molar-refractivity contribution is 8.00. The molecule has 0 aromatic carbocycles. The van der Waals surface area contributed by atoms with E-state index in [1.807, 2.05) is 0 Å². The maximum absolute atomic E-state index is 9.72. The smallest absolute Gasteiger partial charge is 0.0664 e. The minimum atomic E-state index is 0.325. The fraction of sp³-hybridized carbons (Fsp3) is 0.739. The molecule has 0 spiro atoms. The molecular weight excluding hydrogens is 370 g/mol. The molecule has 0 amide bonds. The third kappa shape index (κ3) is 4.45. The zero-order valence-electron chi connectivity index (χ0n) is 17.3. The Kier molecular flexibility index (Phi) is 7.40. The lowest BCUT2D eigenvalue weighted by Gasteiger charge is -2.44. The van der Waals surface area contributed by atoms with Crippen LogP contribution in [0.1, 0.15) is 65.7 Å². The molecule has 8 atom stereocenters. The molecule has 2 nitrogen and oxygen atoms in total. The molecule has 0 aromatic rings. The fourth-order valence-corrected chi connectivity index (χ4v) is 7.17. The first kappa shape index (κ1) is 21.7. The first-order valence-electron chi connectivity index (χ1n) is 10.7. The van der Waals surface area contributed by atoms with Crippen molar-refractivity contribution in [1.29, 1.82) is 0 Å². The van der Waals surface area contributed by atoms with Crippen molar-refractivity contribution >= 4 is 17.4 Å². The van der Waals surface area contributed by atoms with E-state index in [0.29, 0.717) is 50.3 Å². The van der Waals surface area contributed by atoms with E-state index < -0.39 is 0 Å². The van der Waals surface area contributed by atoms with Crippen LogP contribution < -0.4 is 0 Å². The monoisotopic (exact) mass is 408 g/mol. The number of hydrogen-bond donors (Lipinski definition) is 1. The number of aliphatic hydroxyl groups is 1. The third-order valence-corrected chi connectivity index (χ3v) is 8.70. The van der Waals surface area contributed by atoms with Crippen molar-refractivity contribution in [3.8, 4) is 0 Å². The summed E-state index contributed by atoms with van der Waals surface area (Å²) in [6.07, 6.45) is 13.6. The van der Waals surface area contributed by atoms with Gasteiger partial charge in [0.25, 0.3) is 0 Å². The van der Waals surface area contributed by atoms with E-state index in [0.717, 1.165) is 12.8 Å². The van der Waals surface area contributed by atoms with Gasteiger partial charge in [-0.25, -0.2) is 0 Å². The van der Waals surface area contributed by atoms with Crippen molar-refractivity contribution < 1.29 is 9.63 Å². The van der Waals surface area contributed by atoms with Gasteiger partial charge >= 0.3 is 0 Å². The molecule has 27 heavy (non-hydrogen) atoms. The molecule has 0 saturated heterocycles. The van der Waals surface area contributed by atoms with Crippen LogP contribution in [0, 0.1) is 29.1 Å². The van der Waals surface area contributed by atoms with Crippen molar-refractivity contribution in [3.63, 3.8) is 0 Å². The predicted molar refractivity (Wildman–Crippen MR) is 121 cm³/mol. The van der Waals surface area contributed by atoms with Gasteiger partial charge in [-0.1, -0.05) is 54.0 Å². The minimum Gasteiger partial charge on any atom is -0.396 e. The molecule has 0 heterocycles. The van der Waals surface area contributed by atoms with Gasteiger partial charge in [0.1, 0.15) is 0 Å². The second kappa shape index (κ2) is 9.21. The van der Waals surface area contributed by atoms with Crippen LogP contribution in [0.3, 0.4) is 0 Å². The lowest BCUT2D eigenvalue weighted by atomic mass is 9.61. The normalized spacial score (nSPS) is 41.6. The standard InChI is InChI=1S/C23H38O2P2/c1-15-12-20(25-27-26)13-19(17(15)3)8-7-18-6-5-11-23(4)21(16(2)14-24)9-10-22(18)23/h7-8,15-16,20-22,24,27H,3,5-6,9-14,26H2,1-2,4H3/b18-7+,19-8+/t15-,16+,20-,21?,22-,23+/m0/s1. The van der Waals surface area contributed by atoms with Gasteiger partial charge in [-0.3, -0.25) is 0 Å². The molecule has 3 fully saturated rings. The molecule has 1 N–H and O–H groups in total. The molecule has 3 aliphatic carbocycles. The summed E-state index contributed by atoms with van der Waals surface area (Å²) in [5.74, 6) is 2.28. The minimum absolute atomic E-state index is 0.325. The van der Waals surface area contributed by atoms with Crippen LogP contribution in [0.5, 0.6) is 0 Å². The topological polar surface area (TPSA) is 29.5 Å². The number of hydrogen-bond acceptors (Lipinski definition) is 2. The highest BCUT2D eigenvalue weighted by Gasteiger charge is 2.50. The summed E-state index contributed by atoms with van der Waals surface area (Å²) in [7, 11) is 3.18. The van der Waals surface area contributed by atoms with Gasteiger partial charge in [0.15, 0.2) is 0 Å². The van der Waals surface area contributed by atoms with Crippen molar-refractivity contribution in [2.75, 3.05) is 6.61 Å². The van der Waals surface area contributed by atoms with Gasteiger partial charge in [-0.15, -0.1) is 0 Å². The fourth-order valence-electron chi connectivity index (χ4n) is 6.22. The van der Waals surface area contributed by atoms with E-state index in [9.17, 15) is 5.11 Å². The van der Waals surface area contributed by atoms with Gasteiger partial charge in [-0.2, -0.15) is 0 Å². The molecule has 3 saturated carbocycles. The van der Waals surface area contributed by atoms with E-state index in [-0.39, 0.29) is 0 Å². The summed E-state index contributed by atoms with van der Waals surface area (Å²) in [5, 5.41) is 9.72.